The molecule has 1 heterocycles. The van der Waals surface area contributed by atoms with Crippen molar-refractivity contribution >= 4 is 11.3 Å². The van der Waals surface area contributed by atoms with Crippen molar-refractivity contribution < 1.29 is 4.74 Å². The summed E-state index contributed by atoms with van der Waals surface area (Å²) in [5, 5.41) is 2.08. The van der Waals surface area contributed by atoms with E-state index >= 15 is 0 Å². The van der Waals surface area contributed by atoms with Crippen LogP contribution < -0.4 is 10.5 Å². The lowest BCUT2D eigenvalue weighted by molar-refractivity contribution is 0.405. The fourth-order valence-electron chi connectivity index (χ4n) is 1.90. The second-order valence-corrected chi connectivity index (χ2v) is 5.17. The molecule has 0 radical (unpaired) electrons. The quantitative estimate of drug-likeness (QED) is 0.899. The van der Waals surface area contributed by atoms with Gasteiger partial charge in [-0.25, -0.2) is 0 Å². The van der Waals surface area contributed by atoms with E-state index in [1.165, 1.54) is 10.4 Å². The molecule has 0 aliphatic carbocycles. The van der Waals surface area contributed by atoms with Crippen molar-refractivity contribution in [1.29, 1.82) is 0 Å². The van der Waals surface area contributed by atoms with Crippen molar-refractivity contribution in [3.05, 3.63) is 51.7 Å². The second kappa shape index (κ2) is 5.34. The number of rotatable bonds is 4. The molecule has 2 rings (SSSR count). The lowest BCUT2D eigenvalue weighted by Gasteiger charge is -2.15. The number of hydrogen-bond donors (Lipinski definition) is 1. The van der Waals surface area contributed by atoms with Crippen LogP contribution in [0.15, 0.2) is 35.7 Å². The summed E-state index contributed by atoms with van der Waals surface area (Å²) in [6.45, 7) is 2.07. The van der Waals surface area contributed by atoms with E-state index in [2.05, 4.69) is 30.5 Å². The molecule has 1 aromatic carbocycles. The lowest BCUT2D eigenvalue weighted by atomic mass is 10.0. The standard InChI is InChI=1S/C14H17NOS/c1-10-5-6-14(16-2)12(8-10)13(15)9-11-4-3-7-17-11/h3-8,13H,9,15H2,1-2H3. The van der Waals surface area contributed by atoms with Crippen LogP contribution in [0.3, 0.4) is 0 Å². The van der Waals surface area contributed by atoms with Gasteiger partial charge in [0.1, 0.15) is 5.75 Å². The van der Waals surface area contributed by atoms with Crippen LogP contribution in [0.1, 0.15) is 22.0 Å². The molecule has 1 aromatic heterocycles. The average molecular weight is 247 g/mol. The van der Waals surface area contributed by atoms with Crippen LogP contribution in [-0.2, 0) is 6.42 Å². The van der Waals surface area contributed by atoms with Crippen LogP contribution in [0.4, 0.5) is 0 Å². The molecule has 2 N–H and O–H groups in total. The van der Waals surface area contributed by atoms with Gasteiger partial charge in [0.05, 0.1) is 7.11 Å². The summed E-state index contributed by atoms with van der Waals surface area (Å²) in [7, 11) is 1.69. The maximum atomic E-state index is 6.26. The Morgan fingerprint density at radius 1 is 1.35 bits per heavy atom. The van der Waals surface area contributed by atoms with Gasteiger partial charge in [-0.2, -0.15) is 0 Å². The Bertz CT molecular complexity index is 479. The predicted octanol–water partition coefficient (Wildman–Crippen LogP) is 3.31. The van der Waals surface area contributed by atoms with Gasteiger partial charge in [0.15, 0.2) is 0 Å². The average Bonchev–Trinajstić information content (AvgIpc) is 2.81. The fraction of sp³-hybridized carbons (Fsp3) is 0.286. The molecule has 0 saturated carbocycles. The summed E-state index contributed by atoms with van der Waals surface area (Å²) in [5.41, 5.74) is 8.55. The maximum Gasteiger partial charge on any atom is 0.123 e. The highest BCUT2D eigenvalue weighted by Gasteiger charge is 2.13. The van der Waals surface area contributed by atoms with Gasteiger partial charge in [0.25, 0.3) is 0 Å². The van der Waals surface area contributed by atoms with Crippen LogP contribution in [0, 0.1) is 6.92 Å². The number of nitrogens with two attached hydrogens (primary N) is 1. The van der Waals surface area contributed by atoms with Crippen molar-refractivity contribution in [2.24, 2.45) is 5.73 Å². The first-order valence-electron chi connectivity index (χ1n) is 5.63. The Balaban J connectivity index is 2.23. The number of ether oxygens (including phenoxy) is 1. The van der Waals surface area contributed by atoms with E-state index in [9.17, 15) is 0 Å². The molecule has 0 amide bonds. The highest BCUT2D eigenvalue weighted by Crippen LogP contribution is 2.28. The van der Waals surface area contributed by atoms with Gasteiger partial charge < -0.3 is 10.5 Å². The van der Waals surface area contributed by atoms with Gasteiger partial charge in [0.2, 0.25) is 0 Å². The summed E-state index contributed by atoms with van der Waals surface area (Å²) >= 11 is 1.74. The Morgan fingerprint density at radius 3 is 2.82 bits per heavy atom. The largest absolute Gasteiger partial charge is 0.496 e. The molecule has 0 aliphatic heterocycles. The summed E-state index contributed by atoms with van der Waals surface area (Å²) in [6.07, 6.45) is 0.859. The topological polar surface area (TPSA) is 35.2 Å². The van der Waals surface area contributed by atoms with E-state index in [1.54, 1.807) is 18.4 Å². The summed E-state index contributed by atoms with van der Waals surface area (Å²) in [5.74, 6) is 0.875. The minimum atomic E-state index is -0.0106. The van der Waals surface area contributed by atoms with E-state index < -0.39 is 0 Å². The van der Waals surface area contributed by atoms with Gasteiger partial charge in [-0.15, -0.1) is 11.3 Å². The van der Waals surface area contributed by atoms with Crippen LogP contribution >= 0.6 is 11.3 Å². The van der Waals surface area contributed by atoms with Crippen molar-refractivity contribution in [3.63, 3.8) is 0 Å². The molecule has 0 aliphatic rings. The minimum Gasteiger partial charge on any atom is -0.496 e. The van der Waals surface area contributed by atoms with Crippen molar-refractivity contribution in [2.45, 2.75) is 19.4 Å². The van der Waals surface area contributed by atoms with Gasteiger partial charge in [0, 0.05) is 22.9 Å². The number of methoxy groups -OCH3 is 1. The van der Waals surface area contributed by atoms with Crippen LogP contribution in [0.25, 0.3) is 0 Å². The smallest absolute Gasteiger partial charge is 0.123 e. The molecule has 2 aromatic rings. The van der Waals surface area contributed by atoms with E-state index in [4.69, 9.17) is 10.5 Å². The summed E-state index contributed by atoms with van der Waals surface area (Å²) < 4.78 is 5.36. The molecule has 0 bridgehead atoms. The van der Waals surface area contributed by atoms with Gasteiger partial charge >= 0.3 is 0 Å². The zero-order chi connectivity index (χ0) is 12.3. The molecule has 1 unspecified atom stereocenters. The third-order valence-corrected chi connectivity index (χ3v) is 3.68. The first kappa shape index (κ1) is 12.1. The first-order valence-corrected chi connectivity index (χ1v) is 6.51. The highest BCUT2D eigenvalue weighted by atomic mass is 32.1. The van der Waals surface area contributed by atoms with Gasteiger partial charge in [-0.1, -0.05) is 23.8 Å². The van der Waals surface area contributed by atoms with Gasteiger partial charge in [-0.05, 0) is 24.4 Å². The summed E-state index contributed by atoms with van der Waals surface area (Å²) in [4.78, 5) is 1.31. The van der Waals surface area contributed by atoms with E-state index in [1.807, 2.05) is 12.1 Å². The molecule has 0 saturated heterocycles. The molecular formula is C14H17NOS. The number of aryl methyl sites for hydroxylation is 1. The fourth-order valence-corrected chi connectivity index (χ4v) is 2.66. The lowest BCUT2D eigenvalue weighted by Crippen LogP contribution is -2.14. The normalized spacial score (nSPS) is 12.4. The monoisotopic (exact) mass is 247 g/mol. The molecule has 2 nitrogen and oxygen atoms in total. The minimum absolute atomic E-state index is 0.0106. The SMILES string of the molecule is COc1ccc(C)cc1C(N)Cc1cccs1. The molecule has 0 fully saturated rings. The molecular weight excluding hydrogens is 230 g/mol. The number of hydrogen-bond acceptors (Lipinski definition) is 3. The summed E-state index contributed by atoms with van der Waals surface area (Å²) in [6, 6.07) is 10.3. The van der Waals surface area contributed by atoms with E-state index in [-0.39, 0.29) is 6.04 Å². The Morgan fingerprint density at radius 2 is 2.18 bits per heavy atom. The van der Waals surface area contributed by atoms with Crippen LogP contribution in [0.2, 0.25) is 0 Å². The Hall–Kier alpha value is -1.32. The predicted molar refractivity (Wildman–Crippen MR) is 72.7 cm³/mol. The zero-order valence-corrected chi connectivity index (χ0v) is 11.0. The van der Waals surface area contributed by atoms with Crippen LogP contribution in [-0.4, -0.2) is 7.11 Å². The molecule has 0 spiro atoms. The molecule has 1 atom stereocenters. The molecule has 17 heavy (non-hydrogen) atoms. The third kappa shape index (κ3) is 2.87. The highest BCUT2D eigenvalue weighted by molar-refractivity contribution is 7.09. The van der Waals surface area contributed by atoms with Crippen molar-refractivity contribution in [1.82, 2.24) is 0 Å². The molecule has 3 heteroatoms. The third-order valence-electron chi connectivity index (χ3n) is 2.79. The second-order valence-electron chi connectivity index (χ2n) is 4.14. The number of thiophene rings is 1. The van der Waals surface area contributed by atoms with Crippen molar-refractivity contribution in [3.8, 4) is 5.75 Å². The Kier molecular flexibility index (Phi) is 3.82. The van der Waals surface area contributed by atoms with E-state index in [0.29, 0.717) is 0 Å². The number of benzene rings is 1. The zero-order valence-electron chi connectivity index (χ0n) is 10.1. The molecule has 90 valence electrons. The Labute approximate surface area is 106 Å². The van der Waals surface area contributed by atoms with E-state index in [0.717, 1.165) is 17.7 Å². The maximum absolute atomic E-state index is 6.26. The van der Waals surface area contributed by atoms with Crippen LogP contribution in [0.5, 0.6) is 5.75 Å². The first-order chi connectivity index (χ1) is 8.20. The van der Waals surface area contributed by atoms with Crippen molar-refractivity contribution in [2.75, 3.05) is 7.11 Å². The van der Waals surface area contributed by atoms with Gasteiger partial charge in [-0.3, -0.25) is 0 Å².